The van der Waals surface area contributed by atoms with Gasteiger partial charge in [0.1, 0.15) is 5.54 Å². The molecule has 1 fully saturated rings. The zero-order valence-electron chi connectivity index (χ0n) is 10.5. The Bertz CT molecular complexity index is 240. The number of carboxylic acid groups (broad SMARTS) is 1. The van der Waals surface area contributed by atoms with Gasteiger partial charge in [0.2, 0.25) is 0 Å². The van der Waals surface area contributed by atoms with Crippen LogP contribution in [0.25, 0.3) is 0 Å². The van der Waals surface area contributed by atoms with Crippen molar-refractivity contribution in [1.82, 2.24) is 4.90 Å². The Morgan fingerprint density at radius 1 is 1.44 bits per heavy atom. The fourth-order valence-corrected chi connectivity index (χ4v) is 2.64. The SMILES string of the molecule is CCC1CC(C(=O)O)(N(CC)CC)CCO1. The number of carboxylic acids is 1. The van der Waals surface area contributed by atoms with E-state index in [0.29, 0.717) is 19.4 Å². The van der Waals surface area contributed by atoms with Gasteiger partial charge in [-0.2, -0.15) is 0 Å². The molecule has 94 valence electrons. The van der Waals surface area contributed by atoms with Crippen LogP contribution in [0.15, 0.2) is 0 Å². The van der Waals surface area contributed by atoms with Crippen LogP contribution in [0.1, 0.15) is 40.0 Å². The summed E-state index contributed by atoms with van der Waals surface area (Å²) in [5.74, 6) is -0.696. The maximum atomic E-state index is 11.6. The number of rotatable bonds is 5. The van der Waals surface area contributed by atoms with Crippen molar-refractivity contribution in [2.75, 3.05) is 19.7 Å². The van der Waals surface area contributed by atoms with Crippen LogP contribution in [-0.4, -0.2) is 47.3 Å². The Balaban J connectivity index is 2.90. The van der Waals surface area contributed by atoms with Gasteiger partial charge < -0.3 is 9.84 Å². The fraction of sp³-hybridized carbons (Fsp3) is 0.917. The van der Waals surface area contributed by atoms with Gasteiger partial charge in [-0.3, -0.25) is 9.69 Å². The van der Waals surface area contributed by atoms with Crippen LogP contribution < -0.4 is 0 Å². The van der Waals surface area contributed by atoms with Crippen LogP contribution in [-0.2, 0) is 9.53 Å². The van der Waals surface area contributed by atoms with E-state index >= 15 is 0 Å². The lowest BCUT2D eigenvalue weighted by molar-refractivity contribution is -0.163. The first-order chi connectivity index (χ1) is 7.60. The molecule has 4 nitrogen and oxygen atoms in total. The molecular formula is C12H23NO3. The molecule has 4 heteroatoms. The third kappa shape index (κ3) is 2.38. The third-order valence-electron chi connectivity index (χ3n) is 3.66. The zero-order chi connectivity index (χ0) is 12.2. The molecule has 0 aliphatic carbocycles. The molecule has 0 saturated carbocycles. The number of hydrogen-bond donors (Lipinski definition) is 1. The summed E-state index contributed by atoms with van der Waals surface area (Å²) in [5, 5.41) is 9.54. The molecule has 0 aromatic heterocycles. The summed E-state index contributed by atoms with van der Waals surface area (Å²) in [7, 11) is 0. The molecule has 0 bridgehead atoms. The highest BCUT2D eigenvalue weighted by atomic mass is 16.5. The summed E-state index contributed by atoms with van der Waals surface area (Å²) in [6, 6.07) is 0. The molecule has 2 atom stereocenters. The summed E-state index contributed by atoms with van der Waals surface area (Å²) in [5.41, 5.74) is -0.706. The second kappa shape index (κ2) is 5.64. The Hall–Kier alpha value is -0.610. The molecule has 0 aromatic carbocycles. The monoisotopic (exact) mass is 229 g/mol. The minimum Gasteiger partial charge on any atom is -0.480 e. The lowest BCUT2D eigenvalue weighted by Gasteiger charge is -2.44. The van der Waals surface area contributed by atoms with E-state index in [9.17, 15) is 9.90 Å². The Morgan fingerprint density at radius 3 is 2.50 bits per heavy atom. The van der Waals surface area contributed by atoms with E-state index in [4.69, 9.17) is 4.74 Å². The van der Waals surface area contributed by atoms with Crippen LogP contribution >= 0.6 is 0 Å². The standard InChI is InChI=1S/C12H23NO3/c1-4-10-9-12(11(14)15,7-8-16-10)13(5-2)6-3/h10H,4-9H2,1-3H3,(H,14,15). The van der Waals surface area contributed by atoms with E-state index in [1.165, 1.54) is 0 Å². The topological polar surface area (TPSA) is 49.8 Å². The molecule has 1 heterocycles. The maximum absolute atomic E-state index is 11.6. The summed E-state index contributed by atoms with van der Waals surface area (Å²) in [6.07, 6.45) is 2.18. The number of aliphatic carboxylic acids is 1. The van der Waals surface area contributed by atoms with Crippen molar-refractivity contribution in [2.24, 2.45) is 0 Å². The van der Waals surface area contributed by atoms with Crippen molar-refractivity contribution in [1.29, 1.82) is 0 Å². The van der Waals surface area contributed by atoms with Gasteiger partial charge in [-0.25, -0.2) is 0 Å². The second-order valence-electron chi connectivity index (χ2n) is 4.36. The number of ether oxygens (including phenoxy) is 1. The first-order valence-electron chi connectivity index (χ1n) is 6.20. The predicted octanol–water partition coefficient (Wildman–Crippen LogP) is 1.74. The van der Waals surface area contributed by atoms with Crippen molar-refractivity contribution in [3.63, 3.8) is 0 Å². The lowest BCUT2D eigenvalue weighted by Crippen LogP contribution is -2.59. The van der Waals surface area contributed by atoms with Crippen LogP contribution in [0.4, 0.5) is 0 Å². The first-order valence-corrected chi connectivity index (χ1v) is 6.20. The molecule has 0 amide bonds. The molecule has 16 heavy (non-hydrogen) atoms. The second-order valence-corrected chi connectivity index (χ2v) is 4.36. The van der Waals surface area contributed by atoms with Crippen LogP contribution in [0.2, 0.25) is 0 Å². The van der Waals surface area contributed by atoms with E-state index in [-0.39, 0.29) is 6.10 Å². The Morgan fingerprint density at radius 2 is 2.06 bits per heavy atom. The molecular weight excluding hydrogens is 206 g/mol. The average molecular weight is 229 g/mol. The van der Waals surface area contributed by atoms with Gasteiger partial charge in [-0.15, -0.1) is 0 Å². The highest BCUT2D eigenvalue weighted by molar-refractivity contribution is 5.79. The minimum absolute atomic E-state index is 0.0884. The smallest absolute Gasteiger partial charge is 0.324 e. The largest absolute Gasteiger partial charge is 0.480 e. The van der Waals surface area contributed by atoms with E-state index in [0.717, 1.165) is 19.5 Å². The molecule has 0 spiro atoms. The summed E-state index contributed by atoms with van der Waals surface area (Å²) >= 11 is 0. The number of hydrogen-bond acceptors (Lipinski definition) is 3. The summed E-state index contributed by atoms with van der Waals surface area (Å²) in [6.45, 7) is 8.19. The van der Waals surface area contributed by atoms with Crippen molar-refractivity contribution < 1.29 is 14.6 Å². The maximum Gasteiger partial charge on any atom is 0.324 e. The van der Waals surface area contributed by atoms with Gasteiger partial charge in [-0.1, -0.05) is 20.8 Å². The minimum atomic E-state index is -0.706. The van der Waals surface area contributed by atoms with E-state index in [2.05, 4.69) is 4.90 Å². The number of carbonyl (C=O) groups is 1. The van der Waals surface area contributed by atoms with Crippen molar-refractivity contribution >= 4 is 5.97 Å². The zero-order valence-corrected chi connectivity index (χ0v) is 10.5. The molecule has 2 unspecified atom stereocenters. The van der Waals surface area contributed by atoms with Crippen molar-refractivity contribution in [3.05, 3.63) is 0 Å². The molecule has 0 radical (unpaired) electrons. The third-order valence-corrected chi connectivity index (χ3v) is 3.66. The number of nitrogens with zero attached hydrogens (tertiary/aromatic N) is 1. The summed E-state index contributed by atoms with van der Waals surface area (Å²) in [4.78, 5) is 13.7. The van der Waals surface area contributed by atoms with Gasteiger partial charge >= 0.3 is 5.97 Å². The van der Waals surface area contributed by atoms with Gasteiger partial charge in [0.25, 0.3) is 0 Å². The molecule has 1 saturated heterocycles. The fourth-order valence-electron chi connectivity index (χ4n) is 2.64. The van der Waals surface area contributed by atoms with Gasteiger partial charge in [-0.05, 0) is 25.9 Å². The molecule has 0 aromatic rings. The Kier molecular flexibility index (Phi) is 4.74. The van der Waals surface area contributed by atoms with Crippen LogP contribution in [0.3, 0.4) is 0 Å². The highest BCUT2D eigenvalue weighted by Crippen LogP contribution is 2.32. The van der Waals surface area contributed by atoms with Crippen molar-refractivity contribution in [2.45, 2.75) is 51.7 Å². The van der Waals surface area contributed by atoms with Gasteiger partial charge in [0.05, 0.1) is 6.10 Å². The summed E-state index contributed by atoms with van der Waals surface area (Å²) < 4.78 is 5.58. The normalized spacial score (nSPS) is 30.6. The highest BCUT2D eigenvalue weighted by Gasteiger charge is 2.46. The average Bonchev–Trinajstić information content (AvgIpc) is 2.30. The van der Waals surface area contributed by atoms with Crippen LogP contribution in [0, 0.1) is 0 Å². The quantitative estimate of drug-likeness (QED) is 0.780. The molecule has 1 N–H and O–H groups in total. The molecule has 1 aliphatic heterocycles. The molecule has 1 aliphatic rings. The van der Waals surface area contributed by atoms with E-state index in [1.54, 1.807) is 0 Å². The molecule has 1 rings (SSSR count). The van der Waals surface area contributed by atoms with Crippen molar-refractivity contribution in [3.8, 4) is 0 Å². The van der Waals surface area contributed by atoms with Crippen LogP contribution in [0.5, 0.6) is 0 Å². The predicted molar refractivity (Wildman–Crippen MR) is 62.6 cm³/mol. The first kappa shape index (κ1) is 13.5. The van der Waals surface area contributed by atoms with Gasteiger partial charge in [0, 0.05) is 13.0 Å². The lowest BCUT2D eigenvalue weighted by atomic mass is 9.84. The number of likely N-dealkylation sites (N-methyl/N-ethyl adjacent to an activating group) is 1. The Labute approximate surface area is 97.6 Å². The van der Waals surface area contributed by atoms with Gasteiger partial charge in [0.15, 0.2) is 0 Å². The van der Waals surface area contributed by atoms with E-state index < -0.39 is 11.5 Å². The van der Waals surface area contributed by atoms with E-state index in [1.807, 2.05) is 20.8 Å².